The molecule has 184 valence electrons. The van der Waals surface area contributed by atoms with Crippen LogP contribution in [0.2, 0.25) is 0 Å². The van der Waals surface area contributed by atoms with Crippen LogP contribution in [0.5, 0.6) is 0 Å². The Kier molecular flexibility index (Phi) is 5.54. The fraction of sp³-hybridized carbons (Fsp3) is 0.276. The molecule has 0 aliphatic carbocycles. The van der Waals surface area contributed by atoms with Gasteiger partial charge in [-0.3, -0.25) is 14.7 Å². The summed E-state index contributed by atoms with van der Waals surface area (Å²) in [7, 11) is 1.61. The number of fused-ring (bicyclic) bond motifs is 1. The molecule has 1 saturated heterocycles. The van der Waals surface area contributed by atoms with Crippen molar-refractivity contribution in [2.75, 3.05) is 33.3 Å². The number of rotatable bonds is 7. The highest BCUT2D eigenvalue weighted by molar-refractivity contribution is 7.07. The van der Waals surface area contributed by atoms with Crippen molar-refractivity contribution in [1.82, 2.24) is 19.8 Å². The van der Waals surface area contributed by atoms with Gasteiger partial charge in [0.2, 0.25) is 0 Å². The number of aromatic nitrogens is 2. The van der Waals surface area contributed by atoms with Gasteiger partial charge in [0, 0.05) is 61.3 Å². The maximum Gasteiger partial charge on any atom is 0.253 e. The summed E-state index contributed by atoms with van der Waals surface area (Å²) < 4.78 is 50.8. The first-order valence-corrected chi connectivity index (χ1v) is 12.7. The van der Waals surface area contributed by atoms with Gasteiger partial charge >= 0.3 is 0 Å². The van der Waals surface area contributed by atoms with E-state index in [1.807, 2.05) is 10.9 Å². The number of benzene rings is 2. The second-order valence-electron chi connectivity index (χ2n) is 8.71. The van der Waals surface area contributed by atoms with E-state index in [4.69, 9.17) is 8.22 Å². The Labute approximate surface area is 224 Å². The lowest BCUT2D eigenvalue weighted by atomic mass is 9.87. The fourth-order valence-electron chi connectivity index (χ4n) is 4.51. The predicted octanol–water partition coefficient (Wildman–Crippen LogP) is 4.85. The van der Waals surface area contributed by atoms with Crippen molar-refractivity contribution in [1.29, 1.82) is 0 Å². The second kappa shape index (κ2) is 11.1. The molecule has 4 aromatic rings. The molecule has 0 saturated carbocycles. The van der Waals surface area contributed by atoms with Crippen LogP contribution in [-0.2, 0) is 6.54 Å². The summed E-state index contributed by atoms with van der Waals surface area (Å²) in [6, 6.07) is 5.14. The number of amides is 1. The van der Waals surface area contributed by atoms with Crippen molar-refractivity contribution < 1.29 is 18.1 Å². The van der Waals surface area contributed by atoms with Gasteiger partial charge in [-0.2, -0.15) is 0 Å². The van der Waals surface area contributed by atoms with Gasteiger partial charge in [0.15, 0.2) is 0 Å². The third-order valence-electron chi connectivity index (χ3n) is 6.39. The smallest absolute Gasteiger partial charge is 0.253 e. The van der Waals surface area contributed by atoms with Gasteiger partial charge < -0.3 is 10.0 Å². The maximum absolute atomic E-state index is 12.8. The minimum absolute atomic E-state index is 0.0245. The van der Waals surface area contributed by atoms with E-state index in [2.05, 4.69) is 14.9 Å². The van der Waals surface area contributed by atoms with Crippen LogP contribution in [0.25, 0.3) is 16.5 Å². The highest BCUT2D eigenvalue weighted by Gasteiger charge is 2.21. The Morgan fingerprint density at radius 2 is 1.86 bits per heavy atom. The number of nitrogens with zero attached hydrogens (tertiary/aromatic N) is 4. The van der Waals surface area contributed by atoms with Crippen molar-refractivity contribution >= 4 is 33.7 Å². The molecule has 0 bridgehead atoms. The van der Waals surface area contributed by atoms with E-state index in [-0.39, 0.29) is 59.7 Å². The van der Waals surface area contributed by atoms with Crippen LogP contribution in [-0.4, -0.2) is 64.1 Å². The Hall–Kier alpha value is -3.39. The van der Waals surface area contributed by atoms with Crippen LogP contribution in [0, 0.1) is 0 Å². The van der Waals surface area contributed by atoms with Gasteiger partial charge in [0.25, 0.3) is 5.91 Å². The van der Waals surface area contributed by atoms with Crippen molar-refractivity contribution in [2.24, 2.45) is 0 Å². The molecule has 5 rings (SSSR count). The van der Waals surface area contributed by atoms with E-state index in [0.29, 0.717) is 29.5 Å². The van der Waals surface area contributed by atoms with Crippen LogP contribution in [0.15, 0.2) is 77.1 Å². The minimum Gasteiger partial charge on any atom is -0.395 e. The molecule has 7 heteroatoms. The lowest BCUT2D eigenvalue weighted by Gasteiger charge is -2.30. The zero-order valence-electron chi connectivity index (χ0n) is 26.0. The molecular formula is C29H30N4O2S. The first kappa shape index (κ1) is 17.9. The summed E-state index contributed by atoms with van der Waals surface area (Å²) in [5.41, 5.74) is 5.90. The van der Waals surface area contributed by atoms with E-state index in [1.54, 1.807) is 42.6 Å². The minimum atomic E-state index is -0.432. The fourth-order valence-corrected chi connectivity index (χ4v) is 5.06. The van der Waals surface area contributed by atoms with Crippen LogP contribution in [0.4, 0.5) is 0 Å². The van der Waals surface area contributed by atoms with Crippen LogP contribution in [0.1, 0.15) is 48.2 Å². The summed E-state index contributed by atoms with van der Waals surface area (Å²) in [5.74, 6) is -0.249. The van der Waals surface area contributed by atoms with E-state index in [1.165, 1.54) is 4.90 Å². The van der Waals surface area contributed by atoms with Crippen LogP contribution >= 0.6 is 11.3 Å². The molecule has 0 atom stereocenters. The number of carbonyl (C=O) groups is 1. The normalized spacial score (nSPS) is 16.6. The molecule has 0 unspecified atom stereocenters. The highest BCUT2D eigenvalue weighted by atomic mass is 32.1. The molecule has 6 nitrogen and oxygen atoms in total. The molecule has 2 aromatic heterocycles. The average Bonchev–Trinajstić information content (AvgIpc) is 3.50. The number of aliphatic hydroxyl groups is 1. The van der Waals surface area contributed by atoms with Crippen molar-refractivity contribution in [3.8, 4) is 0 Å². The Morgan fingerprint density at radius 1 is 1.11 bits per heavy atom. The molecule has 2 aromatic carbocycles. The van der Waals surface area contributed by atoms with Gasteiger partial charge in [-0.05, 0) is 42.2 Å². The Balaban J connectivity index is 1.67. The number of pyridine rings is 1. The molecule has 0 radical (unpaired) electrons. The first-order chi connectivity index (χ1) is 20.1. The molecule has 3 heterocycles. The lowest BCUT2D eigenvalue weighted by Crippen LogP contribution is -2.30. The monoisotopic (exact) mass is 504 g/mol. The summed E-state index contributed by atoms with van der Waals surface area (Å²) in [6.07, 6.45) is 0.864. The third kappa shape index (κ3) is 5.23. The lowest BCUT2D eigenvalue weighted by molar-refractivity contribution is 0.0767. The molecule has 1 N–H and O–H groups in total. The molecule has 1 aliphatic heterocycles. The quantitative estimate of drug-likeness (QED) is 0.390. The van der Waals surface area contributed by atoms with Crippen molar-refractivity contribution in [3.63, 3.8) is 0 Å². The van der Waals surface area contributed by atoms with E-state index < -0.39 is 12.2 Å². The topological polar surface area (TPSA) is 69.6 Å². The number of hydrogen-bond acceptors (Lipinski definition) is 6. The molecule has 1 aliphatic rings. The standard InChI is InChI=1S/C29H30N4O2S/c1-32(16-17-34)29(35)24-9-7-21(8-10-24)27(26-6-2-4-23-5-3-13-30-28(23)26)22-11-14-33(15-12-22)18-25-19-36-20-31-25/h2-10,13,19-20,34H,11-12,14-18H2,1H3/i2D,3D,4D,5D,6D,13D. The number of thiazole rings is 1. The van der Waals surface area contributed by atoms with Gasteiger partial charge in [0.1, 0.15) is 0 Å². The Morgan fingerprint density at radius 3 is 2.58 bits per heavy atom. The van der Waals surface area contributed by atoms with Crippen molar-refractivity contribution in [2.45, 2.75) is 19.4 Å². The highest BCUT2D eigenvalue weighted by Crippen LogP contribution is 2.35. The predicted molar refractivity (Wildman–Crippen MR) is 145 cm³/mol. The summed E-state index contributed by atoms with van der Waals surface area (Å²) in [5, 5.41) is 11.2. The van der Waals surface area contributed by atoms with E-state index in [0.717, 1.165) is 30.9 Å². The van der Waals surface area contributed by atoms with Gasteiger partial charge in [-0.15, -0.1) is 11.3 Å². The first-order valence-electron chi connectivity index (χ1n) is 14.8. The number of hydrogen-bond donors (Lipinski definition) is 1. The van der Waals surface area contributed by atoms with Gasteiger partial charge in [-0.1, -0.05) is 41.9 Å². The van der Waals surface area contributed by atoms with E-state index >= 15 is 0 Å². The maximum atomic E-state index is 12.8. The molecule has 0 spiro atoms. The number of likely N-dealkylation sites (N-methyl/N-ethyl adjacent to an activating group) is 1. The van der Waals surface area contributed by atoms with Crippen LogP contribution < -0.4 is 0 Å². The zero-order valence-corrected chi connectivity index (χ0v) is 20.8. The van der Waals surface area contributed by atoms with Crippen molar-refractivity contribution in [3.05, 3.63) is 99.5 Å². The molecule has 1 amide bonds. The summed E-state index contributed by atoms with van der Waals surface area (Å²) in [4.78, 5) is 25.2. The molecular weight excluding hydrogens is 468 g/mol. The SMILES string of the molecule is [2H]c1nc2c(C(=C3CCN(Cc4cscn4)CC3)c3ccc(C(=O)N(C)CCO)cc3)c([2H])c([2H])c([2H])c2c([2H])c1[2H]. The number of likely N-dealkylation sites (tertiary alicyclic amines) is 1. The number of para-hydroxylation sites is 1. The van der Waals surface area contributed by atoms with Gasteiger partial charge in [-0.25, -0.2) is 4.98 Å². The number of carbonyl (C=O) groups excluding carboxylic acids is 1. The second-order valence-corrected chi connectivity index (χ2v) is 9.43. The number of aliphatic hydroxyl groups excluding tert-OH is 1. The summed E-state index contributed by atoms with van der Waals surface area (Å²) in [6.45, 7) is 2.22. The summed E-state index contributed by atoms with van der Waals surface area (Å²) >= 11 is 1.55. The molecule has 36 heavy (non-hydrogen) atoms. The Bertz CT molecular complexity index is 1660. The zero-order chi connectivity index (χ0) is 30.1. The average molecular weight is 505 g/mol. The third-order valence-corrected chi connectivity index (χ3v) is 7.03. The van der Waals surface area contributed by atoms with Crippen LogP contribution in [0.3, 0.4) is 0 Å². The number of piperidine rings is 1. The largest absolute Gasteiger partial charge is 0.395 e. The molecule has 1 fully saturated rings. The van der Waals surface area contributed by atoms with Gasteiger partial charge in [0.05, 0.1) is 31.6 Å². The van der Waals surface area contributed by atoms with E-state index in [9.17, 15) is 9.90 Å².